The summed E-state index contributed by atoms with van der Waals surface area (Å²) in [4.78, 5) is 48.6. The number of aryl methyl sites for hydroxylation is 1. The van der Waals surface area contributed by atoms with Gasteiger partial charge < -0.3 is 14.4 Å². The summed E-state index contributed by atoms with van der Waals surface area (Å²) in [6.07, 6.45) is 5.37. The number of rotatable bonds is 4. The molecule has 1 saturated heterocycles. The highest BCUT2D eigenvalue weighted by Crippen LogP contribution is 2.43. The average Bonchev–Trinajstić information content (AvgIpc) is 3.05. The van der Waals surface area contributed by atoms with Gasteiger partial charge in [0.2, 0.25) is 11.9 Å². The summed E-state index contributed by atoms with van der Waals surface area (Å²) < 4.78 is 1.56. The van der Waals surface area contributed by atoms with Gasteiger partial charge in [-0.15, -0.1) is 0 Å². The molecule has 1 aliphatic heterocycles. The van der Waals surface area contributed by atoms with Crippen LogP contribution in [0.2, 0.25) is 0 Å². The first-order valence-electron chi connectivity index (χ1n) is 10.1. The number of hydrogen-bond acceptors (Lipinski definition) is 5. The van der Waals surface area contributed by atoms with E-state index >= 15 is 0 Å². The lowest BCUT2D eigenvalue weighted by Gasteiger charge is -2.40. The number of nitrogens with zero attached hydrogens (tertiary/aromatic N) is 4. The zero-order valence-electron chi connectivity index (χ0n) is 17.0. The molecule has 1 atom stereocenters. The maximum Gasteiger partial charge on any atom is 0.255 e. The van der Waals surface area contributed by atoms with E-state index in [1.165, 1.54) is 6.07 Å². The van der Waals surface area contributed by atoms with Crippen molar-refractivity contribution < 1.29 is 4.79 Å². The summed E-state index contributed by atoms with van der Waals surface area (Å²) >= 11 is 0. The number of pyridine rings is 1. The van der Waals surface area contributed by atoms with E-state index in [2.05, 4.69) is 4.98 Å². The molecule has 4 rings (SSSR count). The van der Waals surface area contributed by atoms with Gasteiger partial charge in [-0.1, -0.05) is 6.07 Å². The van der Waals surface area contributed by atoms with E-state index in [0.717, 1.165) is 30.5 Å². The van der Waals surface area contributed by atoms with Crippen molar-refractivity contribution in [2.75, 3.05) is 32.1 Å². The zero-order valence-corrected chi connectivity index (χ0v) is 17.0. The first-order chi connectivity index (χ1) is 13.9. The van der Waals surface area contributed by atoms with E-state index in [1.54, 1.807) is 27.8 Å². The molecule has 0 saturated carbocycles. The molecule has 8 nitrogen and oxygen atoms in total. The van der Waals surface area contributed by atoms with Crippen LogP contribution >= 0.6 is 0 Å². The normalized spacial score (nSPS) is 20.7. The van der Waals surface area contributed by atoms with Crippen LogP contribution in [0.25, 0.3) is 0 Å². The Hall–Kier alpha value is -2.90. The second-order valence-electron chi connectivity index (χ2n) is 8.29. The molecule has 0 radical (unpaired) electrons. The summed E-state index contributed by atoms with van der Waals surface area (Å²) in [5.74, 6) is 0.605. The average molecular weight is 397 g/mol. The van der Waals surface area contributed by atoms with Crippen molar-refractivity contribution in [3.8, 4) is 0 Å². The van der Waals surface area contributed by atoms with Gasteiger partial charge in [-0.05, 0) is 31.7 Å². The molecule has 1 fully saturated rings. The minimum Gasteiger partial charge on any atom is -0.348 e. The molecule has 1 amide bonds. The van der Waals surface area contributed by atoms with Gasteiger partial charge in [0.05, 0.1) is 5.69 Å². The Bertz CT molecular complexity index is 1040. The summed E-state index contributed by atoms with van der Waals surface area (Å²) in [6, 6.07) is 4.99. The Kier molecular flexibility index (Phi) is 5.02. The fourth-order valence-electron chi connectivity index (χ4n) is 4.61. The predicted molar refractivity (Wildman–Crippen MR) is 110 cm³/mol. The lowest BCUT2D eigenvalue weighted by Crippen LogP contribution is -2.48. The third-order valence-corrected chi connectivity index (χ3v) is 6.18. The largest absolute Gasteiger partial charge is 0.348 e. The molecule has 2 aliphatic rings. The molecule has 2 aromatic rings. The number of H-pyrrole nitrogens is 1. The number of piperidine rings is 1. The van der Waals surface area contributed by atoms with Crippen LogP contribution in [0.4, 0.5) is 5.95 Å². The van der Waals surface area contributed by atoms with E-state index in [9.17, 15) is 14.4 Å². The molecule has 0 bridgehead atoms. The van der Waals surface area contributed by atoms with Crippen LogP contribution < -0.4 is 16.0 Å². The number of aromatic amines is 1. The molecule has 1 aliphatic carbocycles. The number of carbonyl (C=O) groups is 1. The highest BCUT2D eigenvalue weighted by molar-refractivity contribution is 5.76. The smallest absolute Gasteiger partial charge is 0.255 e. The number of amides is 1. The third-order valence-electron chi connectivity index (χ3n) is 6.18. The number of likely N-dealkylation sites (tertiary alicyclic amines) is 1. The monoisotopic (exact) mass is 397 g/mol. The molecule has 29 heavy (non-hydrogen) atoms. The van der Waals surface area contributed by atoms with Gasteiger partial charge in [0.15, 0.2) is 0 Å². The molecule has 0 aromatic carbocycles. The standard InChI is InChI=1S/C21H27N5O3/c1-24(2)20-22-18-15(19(29)23-20)7-10-21(18)9-5-12-26(14-21)17(28)8-13-25-11-4-3-6-16(25)27/h3-4,6,11H,5,7-10,12-14H2,1-2H3,(H,22,23,29). The van der Waals surface area contributed by atoms with Crippen LogP contribution in [0.3, 0.4) is 0 Å². The SMILES string of the molecule is CN(C)c1nc2c(c(=O)[nH]1)CCC21CCCN(C(=O)CCn2ccccc2=O)C1. The van der Waals surface area contributed by atoms with Crippen LogP contribution in [-0.4, -0.2) is 52.5 Å². The minimum atomic E-state index is -0.244. The lowest BCUT2D eigenvalue weighted by atomic mass is 9.77. The van der Waals surface area contributed by atoms with Gasteiger partial charge in [0.25, 0.3) is 11.1 Å². The van der Waals surface area contributed by atoms with Crippen LogP contribution in [-0.2, 0) is 23.2 Å². The quantitative estimate of drug-likeness (QED) is 0.828. The maximum absolute atomic E-state index is 12.9. The maximum atomic E-state index is 12.9. The van der Waals surface area contributed by atoms with E-state index in [4.69, 9.17) is 4.98 Å². The van der Waals surface area contributed by atoms with Gasteiger partial charge >= 0.3 is 0 Å². The van der Waals surface area contributed by atoms with Gasteiger partial charge in [-0.3, -0.25) is 19.4 Å². The summed E-state index contributed by atoms with van der Waals surface area (Å²) in [5, 5.41) is 0. The van der Waals surface area contributed by atoms with Crippen LogP contribution in [0.5, 0.6) is 0 Å². The Morgan fingerprint density at radius 2 is 2.10 bits per heavy atom. The molecular weight excluding hydrogens is 370 g/mol. The molecule has 8 heteroatoms. The van der Waals surface area contributed by atoms with Crippen molar-refractivity contribution >= 4 is 11.9 Å². The molecular formula is C21H27N5O3. The molecule has 1 N–H and O–H groups in total. The van der Waals surface area contributed by atoms with Gasteiger partial charge in [-0.2, -0.15) is 0 Å². The third kappa shape index (κ3) is 3.59. The fourth-order valence-corrected chi connectivity index (χ4v) is 4.61. The van der Waals surface area contributed by atoms with Crippen molar-refractivity contribution in [3.63, 3.8) is 0 Å². The van der Waals surface area contributed by atoms with E-state index in [-0.39, 0.29) is 22.4 Å². The summed E-state index contributed by atoms with van der Waals surface area (Å²) in [7, 11) is 3.71. The number of carbonyl (C=O) groups excluding carboxylic acids is 1. The first kappa shape index (κ1) is 19.4. The molecule has 1 spiro atoms. The van der Waals surface area contributed by atoms with E-state index in [1.807, 2.05) is 19.0 Å². The van der Waals surface area contributed by atoms with Crippen molar-refractivity contribution in [2.45, 2.75) is 44.1 Å². The number of nitrogens with one attached hydrogen (secondary N) is 1. The topological polar surface area (TPSA) is 91.3 Å². The van der Waals surface area contributed by atoms with Crippen molar-refractivity contribution in [1.29, 1.82) is 0 Å². The van der Waals surface area contributed by atoms with Gasteiger partial charge in [0.1, 0.15) is 0 Å². The van der Waals surface area contributed by atoms with E-state index in [0.29, 0.717) is 38.4 Å². The molecule has 1 unspecified atom stereocenters. The predicted octanol–water partition coefficient (Wildman–Crippen LogP) is 0.894. The minimum absolute atomic E-state index is 0.0472. The Morgan fingerprint density at radius 1 is 1.28 bits per heavy atom. The Morgan fingerprint density at radius 3 is 2.86 bits per heavy atom. The highest BCUT2D eigenvalue weighted by Gasteiger charge is 2.45. The van der Waals surface area contributed by atoms with Gasteiger partial charge in [-0.25, -0.2) is 4.98 Å². The highest BCUT2D eigenvalue weighted by atomic mass is 16.2. The number of hydrogen-bond donors (Lipinski definition) is 1. The van der Waals surface area contributed by atoms with Crippen molar-refractivity contribution in [3.05, 3.63) is 56.4 Å². The number of aromatic nitrogens is 3. The number of anilines is 1. The second-order valence-corrected chi connectivity index (χ2v) is 8.29. The first-order valence-corrected chi connectivity index (χ1v) is 10.1. The molecule has 2 aromatic heterocycles. The van der Waals surface area contributed by atoms with E-state index < -0.39 is 0 Å². The lowest BCUT2D eigenvalue weighted by molar-refractivity contribution is -0.133. The summed E-state index contributed by atoms with van der Waals surface area (Å²) in [6.45, 7) is 1.68. The Labute approximate surface area is 169 Å². The Balaban J connectivity index is 1.54. The number of fused-ring (bicyclic) bond motifs is 2. The van der Waals surface area contributed by atoms with Crippen molar-refractivity contribution in [2.24, 2.45) is 0 Å². The second kappa shape index (κ2) is 7.50. The fraction of sp³-hybridized carbons (Fsp3) is 0.524. The van der Waals surface area contributed by atoms with Gasteiger partial charge in [0, 0.05) is 63.4 Å². The molecule has 154 valence electrons. The molecule has 3 heterocycles. The zero-order chi connectivity index (χ0) is 20.6. The van der Waals surface area contributed by atoms with Crippen LogP contribution in [0.15, 0.2) is 34.0 Å². The van der Waals surface area contributed by atoms with Crippen molar-refractivity contribution in [1.82, 2.24) is 19.4 Å². The summed E-state index contributed by atoms with van der Waals surface area (Å²) in [5.41, 5.74) is 1.22. The van der Waals surface area contributed by atoms with Crippen LogP contribution in [0, 0.1) is 0 Å². The van der Waals surface area contributed by atoms with Crippen LogP contribution in [0.1, 0.15) is 36.9 Å².